The smallest absolute Gasteiger partial charge is 0.270 e. The molecule has 1 amide bonds. The van der Waals surface area contributed by atoms with Crippen molar-refractivity contribution in [3.8, 4) is 5.75 Å². The maximum atomic E-state index is 13.4. The van der Waals surface area contributed by atoms with Crippen LogP contribution in [-0.4, -0.2) is 48.6 Å². The number of carbonyl (C=O) groups excluding carboxylic acids is 1. The highest BCUT2D eigenvalue weighted by Gasteiger charge is 2.24. The van der Waals surface area contributed by atoms with Crippen LogP contribution in [-0.2, 0) is 11.3 Å². The highest BCUT2D eigenvalue weighted by atomic mass is 32.1. The van der Waals surface area contributed by atoms with E-state index in [4.69, 9.17) is 9.47 Å². The van der Waals surface area contributed by atoms with E-state index in [0.29, 0.717) is 32.1 Å². The number of rotatable bonds is 8. The molecule has 1 aliphatic heterocycles. The number of hydrogen-bond donors (Lipinski definition) is 1. The predicted octanol–water partition coefficient (Wildman–Crippen LogP) is 3.97. The fourth-order valence-electron chi connectivity index (χ4n) is 3.57. The minimum Gasteiger partial charge on any atom is -0.486 e. The molecule has 2 heterocycles. The molecule has 2 aromatic carbocycles. The average molecular weight is 456 g/mol. The Hall–Kier alpha value is -2.81. The van der Waals surface area contributed by atoms with Gasteiger partial charge in [-0.2, -0.15) is 0 Å². The number of morpholine rings is 1. The Morgan fingerprint density at radius 3 is 2.62 bits per heavy atom. The molecule has 6 nitrogen and oxygen atoms in total. The number of amides is 1. The van der Waals surface area contributed by atoms with Gasteiger partial charge in [-0.15, -0.1) is 11.3 Å². The quantitative estimate of drug-likeness (QED) is 0.557. The molecular formula is C24H26FN3O3S. The standard InChI is InChI=1S/C24H26FN3O3S/c1-17-2-8-20(9-3-17)31-15-23-27-21(16-32-23)24(29)26-14-22(28-10-12-30-13-11-28)18-4-6-19(25)7-5-18/h2-9,16,22H,10-15H2,1H3,(H,26,29)/t22-/m1/s1. The summed E-state index contributed by atoms with van der Waals surface area (Å²) in [6.07, 6.45) is 0. The number of halogens is 1. The zero-order valence-corrected chi connectivity index (χ0v) is 18.7. The number of hydrogen-bond acceptors (Lipinski definition) is 6. The zero-order valence-electron chi connectivity index (χ0n) is 17.9. The minimum absolute atomic E-state index is 0.0635. The predicted molar refractivity (Wildman–Crippen MR) is 121 cm³/mol. The van der Waals surface area contributed by atoms with Crippen molar-refractivity contribution in [1.29, 1.82) is 0 Å². The normalized spacial score (nSPS) is 15.3. The SMILES string of the molecule is Cc1ccc(OCc2nc(C(=O)NC[C@H](c3ccc(F)cc3)N3CCOCC3)cs2)cc1. The molecule has 0 bridgehead atoms. The van der Waals surface area contributed by atoms with Crippen LogP contribution in [0.15, 0.2) is 53.9 Å². The fraction of sp³-hybridized carbons (Fsp3) is 0.333. The van der Waals surface area contributed by atoms with Gasteiger partial charge in [0.1, 0.15) is 28.9 Å². The zero-order chi connectivity index (χ0) is 22.3. The van der Waals surface area contributed by atoms with Crippen molar-refractivity contribution in [3.05, 3.63) is 81.6 Å². The molecule has 0 radical (unpaired) electrons. The first-order valence-electron chi connectivity index (χ1n) is 10.6. The Morgan fingerprint density at radius 2 is 1.91 bits per heavy atom. The van der Waals surface area contributed by atoms with Crippen LogP contribution in [0.4, 0.5) is 4.39 Å². The Kier molecular flexibility index (Phi) is 7.47. The third-order valence-electron chi connectivity index (χ3n) is 5.36. The molecule has 1 aliphatic rings. The molecule has 168 valence electrons. The molecule has 4 rings (SSSR count). The van der Waals surface area contributed by atoms with Gasteiger partial charge in [0.15, 0.2) is 0 Å². The number of thiazole rings is 1. The summed E-state index contributed by atoms with van der Waals surface area (Å²) < 4.78 is 24.6. The number of aryl methyl sites for hydroxylation is 1. The molecule has 0 saturated carbocycles. The third kappa shape index (κ3) is 5.91. The van der Waals surface area contributed by atoms with Gasteiger partial charge in [-0.05, 0) is 36.8 Å². The van der Waals surface area contributed by atoms with E-state index in [0.717, 1.165) is 29.4 Å². The van der Waals surface area contributed by atoms with Crippen LogP contribution in [0.2, 0.25) is 0 Å². The second-order valence-corrected chi connectivity index (χ2v) is 8.60. The summed E-state index contributed by atoms with van der Waals surface area (Å²) in [6, 6.07) is 14.2. The first kappa shape index (κ1) is 22.4. The molecule has 1 saturated heterocycles. The molecule has 0 aliphatic carbocycles. The number of aromatic nitrogens is 1. The van der Waals surface area contributed by atoms with Crippen LogP contribution in [0, 0.1) is 12.7 Å². The number of carbonyl (C=O) groups is 1. The van der Waals surface area contributed by atoms with Gasteiger partial charge >= 0.3 is 0 Å². The van der Waals surface area contributed by atoms with Crippen molar-refractivity contribution in [1.82, 2.24) is 15.2 Å². The summed E-state index contributed by atoms with van der Waals surface area (Å²) in [5, 5.41) is 5.47. The van der Waals surface area contributed by atoms with E-state index in [9.17, 15) is 9.18 Å². The van der Waals surface area contributed by atoms with Gasteiger partial charge in [-0.3, -0.25) is 9.69 Å². The van der Waals surface area contributed by atoms with Crippen LogP contribution in [0.5, 0.6) is 5.75 Å². The molecular weight excluding hydrogens is 429 g/mol. The van der Waals surface area contributed by atoms with Crippen molar-refractivity contribution >= 4 is 17.2 Å². The van der Waals surface area contributed by atoms with Gasteiger partial charge in [-0.1, -0.05) is 29.8 Å². The summed E-state index contributed by atoms with van der Waals surface area (Å²) in [6.45, 7) is 5.54. The van der Waals surface area contributed by atoms with E-state index >= 15 is 0 Å². The summed E-state index contributed by atoms with van der Waals surface area (Å²) in [5.41, 5.74) is 2.50. The second kappa shape index (κ2) is 10.7. The molecule has 1 fully saturated rings. The molecule has 0 spiro atoms. The molecule has 8 heteroatoms. The monoisotopic (exact) mass is 455 g/mol. The summed E-state index contributed by atoms with van der Waals surface area (Å²) in [5.74, 6) is 0.258. The number of nitrogens with zero attached hydrogens (tertiary/aromatic N) is 2. The Morgan fingerprint density at radius 1 is 1.19 bits per heavy atom. The molecule has 1 N–H and O–H groups in total. The Labute approximate surface area is 191 Å². The lowest BCUT2D eigenvalue weighted by Gasteiger charge is -2.34. The maximum absolute atomic E-state index is 13.4. The highest BCUT2D eigenvalue weighted by Crippen LogP contribution is 2.22. The number of ether oxygens (including phenoxy) is 2. The lowest BCUT2D eigenvalue weighted by Crippen LogP contribution is -2.43. The van der Waals surface area contributed by atoms with Crippen molar-refractivity contribution in [2.45, 2.75) is 19.6 Å². The average Bonchev–Trinajstić information content (AvgIpc) is 3.30. The van der Waals surface area contributed by atoms with Gasteiger partial charge in [0.2, 0.25) is 0 Å². The first-order chi connectivity index (χ1) is 15.6. The van der Waals surface area contributed by atoms with Gasteiger partial charge < -0.3 is 14.8 Å². The topological polar surface area (TPSA) is 63.7 Å². The van der Waals surface area contributed by atoms with Crippen LogP contribution in [0.3, 0.4) is 0 Å². The minimum atomic E-state index is -0.277. The largest absolute Gasteiger partial charge is 0.486 e. The molecule has 3 aromatic rings. The molecule has 0 unspecified atom stereocenters. The molecule has 1 atom stereocenters. The van der Waals surface area contributed by atoms with Crippen molar-refractivity contribution < 1.29 is 18.7 Å². The van der Waals surface area contributed by atoms with E-state index < -0.39 is 0 Å². The highest BCUT2D eigenvalue weighted by molar-refractivity contribution is 7.09. The van der Waals surface area contributed by atoms with E-state index in [2.05, 4.69) is 15.2 Å². The Balaban J connectivity index is 1.36. The number of benzene rings is 2. The van der Waals surface area contributed by atoms with Gasteiger partial charge in [-0.25, -0.2) is 9.37 Å². The summed E-state index contributed by atoms with van der Waals surface area (Å²) in [4.78, 5) is 19.4. The number of nitrogens with one attached hydrogen (secondary N) is 1. The van der Waals surface area contributed by atoms with Crippen LogP contribution in [0.1, 0.15) is 32.7 Å². The van der Waals surface area contributed by atoms with Crippen LogP contribution < -0.4 is 10.1 Å². The fourth-order valence-corrected chi connectivity index (χ4v) is 4.26. The van der Waals surface area contributed by atoms with E-state index in [1.807, 2.05) is 31.2 Å². The summed E-state index contributed by atoms with van der Waals surface area (Å²) >= 11 is 1.40. The van der Waals surface area contributed by atoms with Crippen LogP contribution >= 0.6 is 11.3 Å². The lowest BCUT2D eigenvalue weighted by atomic mass is 10.0. The van der Waals surface area contributed by atoms with Gasteiger partial charge in [0.25, 0.3) is 5.91 Å². The summed E-state index contributed by atoms with van der Waals surface area (Å²) in [7, 11) is 0. The van der Waals surface area contributed by atoms with Crippen molar-refractivity contribution in [3.63, 3.8) is 0 Å². The van der Waals surface area contributed by atoms with Crippen molar-refractivity contribution in [2.24, 2.45) is 0 Å². The Bertz CT molecular complexity index is 1020. The lowest BCUT2D eigenvalue weighted by molar-refractivity contribution is 0.0162. The van der Waals surface area contributed by atoms with E-state index in [1.54, 1.807) is 17.5 Å². The van der Waals surface area contributed by atoms with Gasteiger partial charge in [0, 0.05) is 25.0 Å². The molecule has 1 aromatic heterocycles. The first-order valence-corrected chi connectivity index (χ1v) is 11.5. The third-order valence-corrected chi connectivity index (χ3v) is 6.19. The van der Waals surface area contributed by atoms with Gasteiger partial charge in [0.05, 0.1) is 19.3 Å². The second-order valence-electron chi connectivity index (χ2n) is 7.65. The maximum Gasteiger partial charge on any atom is 0.270 e. The van der Waals surface area contributed by atoms with E-state index in [-0.39, 0.29) is 17.8 Å². The van der Waals surface area contributed by atoms with Crippen LogP contribution in [0.25, 0.3) is 0 Å². The van der Waals surface area contributed by atoms with E-state index in [1.165, 1.54) is 29.0 Å². The van der Waals surface area contributed by atoms with Crippen molar-refractivity contribution in [2.75, 3.05) is 32.8 Å². The molecule has 32 heavy (non-hydrogen) atoms.